The Morgan fingerprint density at radius 1 is 1.19 bits per heavy atom. The molecule has 1 saturated heterocycles. The third-order valence-corrected chi connectivity index (χ3v) is 8.10. The van der Waals surface area contributed by atoms with E-state index in [1.807, 2.05) is 18.2 Å². The molecule has 31 heavy (non-hydrogen) atoms. The van der Waals surface area contributed by atoms with Crippen LogP contribution in [0, 0.1) is 0 Å². The fraction of sp³-hybridized carbons (Fsp3) is 0.364. The Balaban J connectivity index is 1.51. The molecular weight excluding hydrogens is 456 g/mol. The van der Waals surface area contributed by atoms with Crippen molar-refractivity contribution >= 4 is 54.0 Å². The summed E-state index contributed by atoms with van der Waals surface area (Å²) in [7, 11) is -3.42. The zero-order chi connectivity index (χ0) is 21.8. The number of carbonyl (C=O) groups excluding carboxylic acids is 1. The van der Waals surface area contributed by atoms with Gasteiger partial charge >= 0.3 is 0 Å². The zero-order valence-electron chi connectivity index (χ0n) is 16.9. The van der Waals surface area contributed by atoms with E-state index in [1.54, 1.807) is 35.2 Å². The first-order valence-corrected chi connectivity index (χ1v) is 13.1. The average Bonchev–Trinajstić information content (AvgIpc) is 3.41. The first-order valence-electron chi connectivity index (χ1n) is 10.1. The van der Waals surface area contributed by atoms with E-state index in [4.69, 9.17) is 16.3 Å². The molecule has 1 atom stereocenters. The second-order valence-corrected chi connectivity index (χ2v) is 11.2. The summed E-state index contributed by atoms with van der Waals surface area (Å²) >= 11 is 7.63. The number of ether oxygens (including phenoxy) is 1. The Bertz CT molecular complexity index is 1160. The second kappa shape index (κ2) is 9.65. The van der Waals surface area contributed by atoms with E-state index in [1.165, 1.54) is 11.3 Å². The van der Waals surface area contributed by atoms with Gasteiger partial charge in [0.1, 0.15) is 5.52 Å². The number of anilines is 1. The number of aromatic nitrogens is 1. The Labute approximate surface area is 190 Å². The SMILES string of the molecule is O=C(CCS(=O)(=O)Cc1ccccc1)N(CC1CCCO1)c1nc2c(Cl)cccc2s1. The lowest BCUT2D eigenvalue weighted by atomic mass is 10.2. The van der Waals surface area contributed by atoms with Crippen LogP contribution in [-0.2, 0) is 25.1 Å². The van der Waals surface area contributed by atoms with E-state index in [9.17, 15) is 13.2 Å². The zero-order valence-corrected chi connectivity index (χ0v) is 19.3. The molecule has 0 aliphatic carbocycles. The quantitative estimate of drug-likeness (QED) is 0.477. The summed E-state index contributed by atoms with van der Waals surface area (Å²) < 4.78 is 31.7. The van der Waals surface area contributed by atoms with Gasteiger partial charge in [0.2, 0.25) is 5.91 Å². The van der Waals surface area contributed by atoms with Crippen molar-refractivity contribution in [3.8, 4) is 0 Å². The summed E-state index contributed by atoms with van der Waals surface area (Å²) in [6.45, 7) is 1.03. The summed E-state index contributed by atoms with van der Waals surface area (Å²) in [6.07, 6.45) is 1.63. The standard InChI is InChI=1S/C22H23ClN2O4S2/c23-18-9-4-10-19-21(18)24-22(30-19)25(14-17-8-5-12-29-17)20(26)11-13-31(27,28)15-16-6-2-1-3-7-16/h1-4,6-7,9-10,17H,5,8,11-15H2. The second-order valence-electron chi connectivity index (χ2n) is 7.55. The number of hydrogen-bond donors (Lipinski definition) is 0. The number of halogens is 1. The summed E-state index contributed by atoms with van der Waals surface area (Å²) in [5.41, 5.74) is 1.36. The van der Waals surface area contributed by atoms with E-state index >= 15 is 0 Å². The van der Waals surface area contributed by atoms with Crippen molar-refractivity contribution in [1.82, 2.24) is 4.98 Å². The van der Waals surface area contributed by atoms with Crippen LogP contribution in [0.25, 0.3) is 10.2 Å². The number of fused-ring (bicyclic) bond motifs is 1. The summed E-state index contributed by atoms with van der Waals surface area (Å²) in [6, 6.07) is 14.5. The highest BCUT2D eigenvalue weighted by molar-refractivity contribution is 7.90. The van der Waals surface area contributed by atoms with E-state index < -0.39 is 9.84 Å². The van der Waals surface area contributed by atoms with E-state index in [-0.39, 0.29) is 29.9 Å². The van der Waals surface area contributed by atoms with E-state index in [2.05, 4.69) is 4.98 Å². The first-order chi connectivity index (χ1) is 14.9. The van der Waals surface area contributed by atoms with Crippen LogP contribution in [0.2, 0.25) is 5.02 Å². The minimum atomic E-state index is -3.42. The van der Waals surface area contributed by atoms with Gasteiger partial charge in [0.15, 0.2) is 15.0 Å². The maximum absolute atomic E-state index is 13.1. The van der Waals surface area contributed by atoms with Crippen molar-refractivity contribution in [3.63, 3.8) is 0 Å². The molecular formula is C22H23ClN2O4S2. The molecule has 0 spiro atoms. The lowest BCUT2D eigenvalue weighted by molar-refractivity contribution is -0.118. The van der Waals surface area contributed by atoms with Gasteiger partial charge in [0, 0.05) is 13.0 Å². The van der Waals surface area contributed by atoms with Crippen molar-refractivity contribution in [1.29, 1.82) is 0 Å². The molecule has 164 valence electrons. The summed E-state index contributed by atoms with van der Waals surface area (Å²) in [4.78, 5) is 19.3. The first kappa shape index (κ1) is 22.2. The molecule has 3 aromatic rings. The number of sulfone groups is 1. The number of para-hydroxylation sites is 1. The monoisotopic (exact) mass is 478 g/mol. The molecule has 1 aliphatic heterocycles. The molecule has 4 rings (SSSR count). The van der Waals surface area contributed by atoms with Crippen LogP contribution in [0.15, 0.2) is 48.5 Å². The number of hydrogen-bond acceptors (Lipinski definition) is 6. The number of nitrogens with zero attached hydrogens (tertiary/aromatic N) is 2. The molecule has 0 bridgehead atoms. The lowest BCUT2D eigenvalue weighted by Gasteiger charge is -2.23. The maximum Gasteiger partial charge on any atom is 0.229 e. The smallest absolute Gasteiger partial charge is 0.229 e. The van der Waals surface area contributed by atoms with Crippen LogP contribution in [0.5, 0.6) is 0 Å². The molecule has 0 saturated carbocycles. The van der Waals surface area contributed by atoms with Crippen molar-refractivity contribution in [3.05, 3.63) is 59.1 Å². The normalized spacial score (nSPS) is 16.6. The summed E-state index contributed by atoms with van der Waals surface area (Å²) in [5.74, 6) is -0.569. The largest absolute Gasteiger partial charge is 0.376 e. The van der Waals surface area contributed by atoms with Gasteiger partial charge in [-0.2, -0.15) is 0 Å². The van der Waals surface area contributed by atoms with Crippen LogP contribution < -0.4 is 4.90 Å². The number of thiazole rings is 1. The highest BCUT2D eigenvalue weighted by atomic mass is 35.5. The molecule has 1 amide bonds. The Kier molecular flexibility index (Phi) is 6.91. The number of rotatable bonds is 8. The topological polar surface area (TPSA) is 76.6 Å². The van der Waals surface area contributed by atoms with Crippen LogP contribution in [0.4, 0.5) is 5.13 Å². The molecule has 9 heteroatoms. The number of benzene rings is 2. The van der Waals surface area contributed by atoms with Gasteiger partial charge in [-0.3, -0.25) is 9.69 Å². The number of amides is 1. The highest BCUT2D eigenvalue weighted by Gasteiger charge is 2.27. The lowest BCUT2D eigenvalue weighted by Crippen LogP contribution is -2.38. The van der Waals surface area contributed by atoms with Gasteiger partial charge in [-0.05, 0) is 30.5 Å². The Hall–Kier alpha value is -2.00. The van der Waals surface area contributed by atoms with Crippen LogP contribution in [0.3, 0.4) is 0 Å². The molecule has 2 heterocycles. The summed E-state index contributed by atoms with van der Waals surface area (Å²) in [5, 5.41) is 1.04. The van der Waals surface area contributed by atoms with Crippen LogP contribution in [0.1, 0.15) is 24.8 Å². The average molecular weight is 479 g/mol. The van der Waals surface area contributed by atoms with Gasteiger partial charge in [-0.25, -0.2) is 13.4 Å². The molecule has 2 aromatic carbocycles. The Morgan fingerprint density at radius 3 is 2.71 bits per heavy atom. The molecule has 1 aromatic heterocycles. The van der Waals surface area contributed by atoms with Gasteiger partial charge in [-0.1, -0.05) is 59.3 Å². The molecule has 1 unspecified atom stereocenters. The van der Waals surface area contributed by atoms with Crippen LogP contribution in [-0.4, -0.2) is 44.3 Å². The van der Waals surface area contributed by atoms with Crippen molar-refractivity contribution in [2.75, 3.05) is 23.8 Å². The molecule has 0 N–H and O–H groups in total. The van der Waals surface area contributed by atoms with Gasteiger partial charge in [0.05, 0.1) is 33.9 Å². The fourth-order valence-corrected chi connectivity index (χ4v) is 6.20. The van der Waals surface area contributed by atoms with Crippen molar-refractivity contribution in [2.24, 2.45) is 0 Å². The highest BCUT2D eigenvalue weighted by Crippen LogP contribution is 2.33. The predicted molar refractivity (Wildman–Crippen MR) is 125 cm³/mol. The van der Waals surface area contributed by atoms with Gasteiger partial charge < -0.3 is 4.74 Å². The van der Waals surface area contributed by atoms with Gasteiger partial charge in [-0.15, -0.1) is 0 Å². The maximum atomic E-state index is 13.1. The van der Waals surface area contributed by atoms with Crippen molar-refractivity contribution in [2.45, 2.75) is 31.1 Å². The minimum absolute atomic E-state index is 0.0765. The third-order valence-electron chi connectivity index (χ3n) is 5.16. The van der Waals surface area contributed by atoms with Crippen LogP contribution >= 0.6 is 22.9 Å². The molecule has 0 radical (unpaired) electrons. The predicted octanol–water partition coefficient (Wildman–Crippen LogP) is 4.47. The van der Waals surface area contributed by atoms with E-state index in [0.29, 0.717) is 34.4 Å². The van der Waals surface area contributed by atoms with Gasteiger partial charge in [0.25, 0.3) is 0 Å². The molecule has 1 fully saturated rings. The Morgan fingerprint density at radius 2 is 2.00 bits per heavy atom. The molecule has 1 aliphatic rings. The minimum Gasteiger partial charge on any atom is -0.376 e. The number of carbonyl (C=O) groups is 1. The van der Waals surface area contributed by atoms with E-state index in [0.717, 1.165) is 17.5 Å². The van der Waals surface area contributed by atoms with Crippen molar-refractivity contribution < 1.29 is 17.9 Å². The molecule has 6 nitrogen and oxygen atoms in total. The third kappa shape index (κ3) is 5.63. The fourth-order valence-electron chi connectivity index (χ4n) is 3.58.